The van der Waals surface area contributed by atoms with E-state index in [2.05, 4.69) is 11.0 Å². The van der Waals surface area contributed by atoms with E-state index in [0.29, 0.717) is 6.42 Å². The molecule has 1 atom stereocenters. The van der Waals surface area contributed by atoms with E-state index in [1.54, 1.807) is 0 Å². The Morgan fingerprint density at radius 1 is 1.04 bits per heavy atom. The van der Waals surface area contributed by atoms with Crippen LogP contribution in [0.3, 0.4) is 0 Å². The van der Waals surface area contributed by atoms with Gasteiger partial charge in [0, 0.05) is 18.7 Å². The summed E-state index contributed by atoms with van der Waals surface area (Å²) in [5.41, 5.74) is 0.854. The topological polar surface area (TPSA) is 55.8 Å². The zero-order valence-electron chi connectivity index (χ0n) is 14.4. The van der Waals surface area contributed by atoms with E-state index in [-0.39, 0.29) is 6.04 Å². The Hall–Kier alpha value is -2.04. The van der Waals surface area contributed by atoms with Crippen molar-refractivity contribution in [1.82, 2.24) is 0 Å². The predicted octanol–water partition coefficient (Wildman–Crippen LogP) is 2.71. The maximum atomic E-state index is 12.8. The quantitative estimate of drug-likeness (QED) is 0.616. The summed E-state index contributed by atoms with van der Waals surface area (Å²) in [5.74, 6) is -0.973. The molecule has 2 heterocycles. The number of esters is 2. The first kappa shape index (κ1) is 16.8. The van der Waals surface area contributed by atoms with Crippen LogP contribution in [0.5, 0.6) is 0 Å². The highest BCUT2D eigenvalue weighted by Crippen LogP contribution is 2.45. The zero-order chi connectivity index (χ0) is 17.2. The minimum absolute atomic E-state index is 0.215. The van der Waals surface area contributed by atoms with Gasteiger partial charge in [0.1, 0.15) is 0 Å². The monoisotopic (exact) mass is 331 g/mol. The molecule has 5 heteroatoms. The molecule has 0 radical (unpaired) electrons. The third-order valence-corrected chi connectivity index (χ3v) is 5.44. The van der Waals surface area contributed by atoms with E-state index in [9.17, 15) is 9.59 Å². The molecule has 2 aliphatic heterocycles. The number of methoxy groups -OCH3 is 2. The molecular formula is C19H25NO4. The third-order valence-electron chi connectivity index (χ3n) is 5.44. The lowest BCUT2D eigenvalue weighted by molar-refractivity contribution is -0.171. The fourth-order valence-electron chi connectivity index (χ4n) is 4.31. The van der Waals surface area contributed by atoms with Gasteiger partial charge in [-0.2, -0.15) is 0 Å². The molecule has 0 spiro atoms. The van der Waals surface area contributed by atoms with Gasteiger partial charge in [-0.1, -0.05) is 37.5 Å². The molecule has 2 aliphatic rings. The van der Waals surface area contributed by atoms with Gasteiger partial charge in [-0.05, 0) is 24.5 Å². The van der Waals surface area contributed by atoms with Gasteiger partial charge < -0.3 is 14.4 Å². The largest absolute Gasteiger partial charge is 0.468 e. The lowest BCUT2D eigenvalue weighted by Crippen LogP contribution is -2.61. The summed E-state index contributed by atoms with van der Waals surface area (Å²) in [6.07, 6.45) is 5.49. The van der Waals surface area contributed by atoms with Gasteiger partial charge >= 0.3 is 11.9 Å². The molecule has 0 N–H and O–H groups in total. The first-order chi connectivity index (χ1) is 11.6. The molecule has 0 bridgehead atoms. The minimum atomic E-state index is -1.28. The number of nitrogens with zero attached hydrogens (tertiary/aromatic N) is 1. The minimum Gasteiger partial charge on any atom is -0.468 e. The molecule has 1 aromatic carbocycles. The van der Waals surface area contributed by atoms with E-state index in [1.807, 2.05) is 18.2 Å². The van der Waals surface area contributed by atoms with Crippen LogP contribution in [0.2, 0.25) is 0 Å². The fourth-order valence-corrected chi connectivity index (χ4v) is 4.31. The van der Waals surface area contributed by atoms with Crippen molar-refractivity contribution in [2.45, 2.75) is 44.6 Å². The number of benzene rings is 1. The van der Waals surface area contributed by atoms with Gasteiger partial charge in [0.05, 0.1) is 20.3 Å². The van der Waals surface area contributed by atoms with Gasteiger partial charge in [0.15, 0.2) is 5.41 Å². The Labute approximate surface area is 142 Å². The molecule has 1 aromatic rings. The molecule has 3 rings (SSSR count). The molecule has 0 amide bonds. The molecule has 0 aromatic heterocycles. The molecular weight excluding hydrogens is 306 g/mol. The standard InChI is InChI=1S/C19H25NO4/c1-23-17(21)19(18(22)24-2)13-14-9-6-7-10-15(14)20-12-8-4-3-5-11-16(19)20/h6-7,9-10,16H,3-5,8,11-13H2,1-2H3. The summed E-state index contributed by atoms with van der Waals surface area (Å²) in [4.78, 5) is 27.8. The van der Waals surface area contributed by atoms with Crippen LogP contribution < -0.4 is 4.90 Å². The van der Waals surface area contributed by atoms with Crippen molar-refractivity contribution < 1.29 is 19.1 Å². The smallest absolute Gasteiger partial charge is 0.325 e. The van der Waals surface area contributed by atoms with Gasteiger partial charge in [0.2, 0.25) is 0 Å². The molecule has 0 saturated carbocycles. The van der Waals surface area contributed by atoms with E-state index in [4.69, 9.17) is 9.47 Å². The molecule has 130 valence electrons. The second kappa shape index (κ2) is 6.83. The van der Waals surface area contributed by atoms with E-state index in [0.717, 1.165) is 43.5 Å². The van der Waals surface area contributed by atoms with Crippen molar-refractivity contribution in [1.29, 1.82) is 0 Å². The Balaban J connectivity index is 2.16. The Morgan fingerprint density at radius 2 is 1.71 bits per heavy atom. The van der Waals surface area contributed by atoms with E-state index < -0.39 is 17.4 Å². The van der Waals surface area contributed by atoms with Crippen molar-refractivity contribution in [2.75, 3.05) is 25.7 Å². The lowest BCUT2D eigenvalue weighted by atomic mass is 9.69. The molecule has 1 fully saturated rings. The molecule has 1 unspecified atom stereocenters. The van der Waals surface area contributed by atoms with Crippen LogP contribution in [0.25, 0.3) is 0 Å². The Morgan fingerprint density at radius 3 is 2.42 bits per heavy atom. The molecule has 24 heavy (non-hydrogen) atoms. The summed E-state index contributed by atoms with van der Waals surface area (Å²) >= 11 is 0. The maximum Gasteiger partial charge on any atom is 0.325 e. The van der Waals surface area contributed by atoms with Crippen LogP contribution in [-0.2, 0) is 25.5 Å². The molecule has 1 saturated heterocycles. The van der Waals surface area contributed by atoms with Crippen LogP contribution in [0, 0.1) is 5.41 Å². The molecule has 0 aliphatic carbocycles. The highest BCUT2D eigenvalue weighted by molar-refractivity contribution is 6.02. The Bertz CT molecular complexity index is 612. The maximum absolute atomic E-state index is 12.8. The van der Waals surface area contributed by atoms with Crippen molar-refractivity contribution >= 4 is 17.6 Å². The van der Waals surface area contributed by atoms with Crippen LogP contribution in [0.4, 0.5) is 5.69 Å². The zero-order valence-corrected chi connectivity index (χ0v) is 14.4. The van der Waals surface area contributed by atoms with Gasteiger partial charge in [-0.15, -0.1) is 0 Å². The van der Waals surface area contributed by atoms with Gasteiger partial charge in [0.25, 0.3) is 0 Å². The predicted molar refractivity (Wildman–Crippen MR) is 90.8 cm³/mol. The first-order valence-corrected chi connectivity index (χ1v) is 8.66. The van der Waals surface area contributed by atoms with Crippen molar-refractivity contribution in [3.63, 3.8) is 0 Å². The fraction of sp³-hybridized carbons (Fsp3) is 0.579. The van der Waals surface area contributed by atoms with Gasteiger partial charge in [-0.25, -0.2) is 0 Å². The SMILES string of the molecule is COC(=O)C1(C(=O)OC)Cc2ccccc2N2CCCCCCC21. The highest BCUT2D eigenvalue weighted by atomic mass is 16.5. The summed E-state index contributed by atoms with van der Waals surface area (Å²) in [6, 6.07) is 7.82. The van der Waals surface area contributed by atoms with E-state index >= 15 is 0 Å². The van der Waals surface area contributed by atoms with Crippen molar-refractivity contribution in [3.8, 4) is 0 Å². The van der Waals surface area contributed by atoms with E-state index in [1.165, 1.54) is 20.6 Å². The number of carbonyl (C=O) groups excluding carboxylic acids is 2. The number of rotatable bonds is 2. The first-order valence-electron chi connectivity index (χ1n) is 8.66. The summed E-state index contributed by atoms with van der Waals surface area (Å²) in [5, 5.41) is 0. The number of anilines is 1. The third kappa shape index (κ3) is 2.56. The lowest BCUT2D eigenvalue weighted by Gasteiger charge is -2.49. The van der Waals surface area contributed by atoms with Crippen molar-refractivity contribution in [3.05, 3.63) is 29.8 Å². The average Bonchev–Trinajstić information content (AvgIpc) is 2.59. The number of hydrogen-bond donors (Lipinski definition) is 0. The Kier molecular flexibility index (Phi) is 4.78. The highest BCUT2D eigenvalue weighted by Gasteiger charge is 2.58. The number of para-hydroxylation sites is 1. The van der Waals surface area contributed by atoms with Crippen LogP contribution in [-0.4, -0.2) is 38.7 Å². The van der Waals surface area contributed by atoms with Crippen LogP contribution in [0.1, 0.15) is 37.7 Å². The molecule has 5 nitrogen and oxygen atoms in total. The number of carbonyl (C=O) groups is 2. The average molecular weight is 331 g/mol. The number of hydrogen-bond acceptors (Lipinski definition) is 5. The number of fused-ring (bicyclic) bond motifs is 3. The van der Waals surface area contributed by atoms with Crippen LogP contribution in [0.15, 0.2) is 24.3 Å². The summed E-state index contributed by atoms with van der Waals surface area (Å²) in [6.45, 7) is 0.845. The number of ether oxygens (including phenoxy) is 2. The summed E-state index contributed by atoms with van der Waals surface area (Å²) in [7, 11) is 2.70. The van der Waals surface area contributed by atoms with Crippen molar-refractivity contribution in [2.24, 2.45) is 5.41 Å². The van der Waals surface area contributed by atoms with Crippen LogP contribution >= 0.6 is 0 Å². The summed E-state index contributed by atoms with van der Waals surface area (Å²) < 4.78 is 10.2. The van der Waals surface area contributed by atoms with Gasteiger partial charge in [-0.3, -0.25) is 9.59 Å². The normalized spacial score (nSPS) is 22.4. The second-order valence-electron chi connectivity index (χ2n) is 6.67. The second-order valence-corrected chi connectivity index (χ2v) is 6.67.